The lowest BCUT2D eigenvalue weighted by Gasteiger charge is -2.40. The minimum Gasteiger partial charge on any atom is -0.458 e. The molecule has 0 unspecified atom stereocenters. The second-order valence-corrected chi connectivity index (χ2v) is 8.59. The number of hydrogen-bond acceptors (Lipinski definition) is 9. The molecule has 2 aliphatic carbocycles. The molecule has 9 nitrogen and oxygen atoms in total. The van der Waals surface area contributed by atoms with E-state index in [1.807, 2.05) is 0 Å². The van der Waals surface area contributed by atoms with Crippen molar-refractivity contribution in [3.63, 3.8) is 0 Å². The van der Waals surface area contributed by atoms with Crippen molar-refractivity contribution in [2.75, 3.05) is 6.61 Å². The van der Waals surface area contributed by atoms with Crippen LogP contribution >= 0.6 is 0 Å². The van der Waals surface area contributed by atoms with Crippen LogP contribution in [0.1, 0.15) is 12.8 Å². The first-order valence-corrected chi connectivity index (χ1v) is 10.1. The summed E-state index contributed by atoms with van der Waals surface area (Å²) in [6.45, 7) is 11.4. The molecule has 0 bridgehead atoms. The highest BCUT2D eigenvalue weighted by atomic mass is 16.7. The molecule has 2 saturated heterocycles. The van der Waals surface area contributed by atoms with E-state index in [1.165, 1.54) is 0 Å². The SMILES string of the molecule is C=C1[C@@H]2[C@H]3OC(=O)C(=C)[C@@H]3C[C@H](O)C(=C)[C@@H]2C[C@@H]1O[C@H]1O[C@H](CO)[C@@H](O)[C@H](O)[C@H]1O. The Morgan fingerprint density at radius 1 is 0.967 bits per heavy atom. The van der Waals surface area contributed by atoms with E-state index >= 15 is 0 Å². The molecular weight excluding hydrogens is 396 g/mol. The maximum absolute atomic E-state index is 12.1. The Bertz CT molecular complexity index is 762. The van der Waals surface area contributed by atoms with Gasteiger partial charge in [-0.15, -0.1) is 0 Å². The van der Waals surface area contributed by atoms with E-state index in [0.717, 1.165) is 0 Å². The molecule has 4 aliphatic rings. The topological polar surface area (TPSA) is 146 Å². The Balaban J connectivity index is 1.57. The van der Waals surface area contributed by atoms with Gasteiger partial charge in [-0.05, 0) is 29.9 Å². The molecule has 166 valence electrons. The number of rotatable bonds is 3. The molecule has 11 atom stereocenters. The smallest absolute Gasteiger partial charge is 0.334 e. The number of esters is 1. The monoisotopic (exact) mass is 424 g/mol. The Morgan fingerprint density at radius 2 is 1.67 bits per heavy atom. The van der Waals surface area contributed by atoms with Gasteiger partial charge in [0.25, 0.3) is 0 Å². The molecule has 0 radical (unpaired) electrons. The zero-order chi connectivity index (χ0) is 21.9. The summed E-state index contributed by atoms with van der Waals surface area (Å²) in [5.41, 5.74) is 1.52. The van der Waals surface area contributed by atoms with Gasteiger partial charge in [0.05, 0.1) is 18.8 Å². The first kappa shape index (κ1) is 21.6. The van der Waals surface area contributed by atoms with Gasteiger partial charge in [-0.1, -0.05) is 19.7 Å². The summed E-state index contributed by atoms with van der Waals surface area (Å²) in [7, 11) is 0. The van der Waals surface area contributed by atoms with Crippen LogP contribution in [-0.4, -0.2) is 87.1 Å². The highest BCUT2D eigenvalue weighted by molar-refractivity contribution is 5.91. The number of carbonyl (C=O) groups excluding carboxylic acids is 1. The predicted molar refractivity (Wildman–Crippen MR) is 102 cm³/mol. The van der Waals surface area contributed by atoms with Crippen LogP contribution in [0.4, 0.5) is 0 Å². The number of hydrogen-bond donors (Lipinski definition) is 5. The van der Waals surface area contributed by atoms with Crippen molar-refractivity contribution < 1.29 is 44.5 Å². The zero-order valence-electron chi connectivity index (χ0n) is 16.5. The van der Waals surface area contributed by atoms with Crippen molar-refractivity contribution in [1.29, 1.82) is 0 Å². The minimum absolute atomic E-state index is 0.268. The van der Waals surface area contributed by atoms with Crippen molar-refractivity contribution in [3.8, 4) is 0 Å². The molecule has 2 aliphatic heterocycles. The van der Waals surface area contributed by atoms with Gasteiger partial charge in [0.2, 0.25) is 0 Å². The van der Waals surface area contributed by atoms with E-state index in [-0.39, 0.29) is 17.8 Å². The summed E-state index contributed by atoms with van der Waals surface area (Å²) in [5, 5.41) is 50.2. The molecule has 4 fully saturated rings. The van der Waals surface area contributed by atoms with E-state index in [2.05, 4.69) is 19.7 Å². The summed E-state index contributed by atoms with van der Waals surface area (Å²) in [6, 6.07) is 0. The fourth-order valence-electron chi connectivity index (χ4n) is 5.18. The third-order valence-electron chi connectivity index (χ3n) is 6.97. The Morgan fingerprint density at radius 3 is 2.33 bits per heavy atom. The van der Waals surface area contributed by atoms with Gasteiger partial charge >= 0.3 is 5.97 Å². The second-order valence-electron chi connectivity index (χ2n) is 8.59. The lowest BCUT2D eigenvalue weighted by atomic mass is 9.82. The van der Waals surface area contributed by atoms with E-state index in [0.29, 0.717) is 29.6 Å². The van der Waals surface area contributed by atoms with Crippen LogP contribution in [0, 0.1) is 17.8 Å². The molecule has 2 heterocycles. The first-order chi connectivity index (χ1) is 14.1. The molecule has 4 rings (SSSR count). The number of aliphatic hydroxyl groups is 5. The number of ether oxygens (including phenoxy) is 3. The molecule has 5 N–H and O–H groups in total. The lowest BCUT2D eigenvalue weighted by Crippen LogP contribution is -2.59. The van der Waals surface area contributed by atoms with Crippen molar-refractivity contribution in [3.05, 3.63) is 36.5 Å². The highest BCUT2D eigenvalue weighted by Gasteiger charge is 2.56. The quantitative estimate of drug-likeness (QED) is 0.214. The van der Waals surface area contributed by atoms with Gasteiger partial charge < -0.3 is 39.7 Å². The van der Waals surface area contributed by atoms with E-state index in [9.17, 15) is 30.3 Å². The van der Waals surface area contributed by atoms with Gasteiger partial charge in [0, 0.05) is 17.4 Å². The Hall–Kier alpha value is -1.59. The first-order valence-electron chi connectivity index (χ1n) is 10.1. The van der Waals surface area contributed by atoms with Gasteiger partial charge in [-0.25, -0.2) is 4.79 Å². The third kappa shape index (κ3) is 3.25. The van der Waals surface area contributed by atoms with Gasteiger partial charge in [0.15, 0.2) is 6.29 Å². The molecule has 0 aromatic heterocycles. The number of fused-ring (bicyclic) bond motifs is 3. The Labute approximate surface area is 173 Å². The predicted octanol–water partition coefficient (Wildman–Crippen LogP) is -1.22. The van der Waals surface area contributed by atoms with Crippen LogP contribution in [0.25, 0.3) is 0 Å². The lowest BCUT2D eigenvalue weighted by molar-refractivity contribution is -0.308. The molecule has 0 aromatic rings. The van der Waals surface area contributed by atoms with Crippen molar-refractivity contribution in [1.82, 2.24) is 0 Å². The average molecular weight is 424 g/mol. The zero-order valence-corrected chi connectivity index (χ0v) is 16.5. The van der Waals surface area contributed by atoms with E-state index < -0.39 is 61.6 Å². The highest BCUT2D eigenvalue weighted by Crippen LogP contribution is 2.53. The van der Waals surface area contributed by atoms with Gasteiger partial charge in [-0.2, -0.15) is 0 Å². The average Bonchev–Trinajstić information content (AvgIpc) is 3.15. The molecule has 9 heteroatoms. The summed E-state index contributed by atoms with van der Waals surface area (Å²) < 4.78 is 16.9. The second kappa shape index (κ2) is 7.83. The molecule has 0 spiro atoms. The van der Waals surface area contributed by atoms with Crippen LogP contribution in [0.3, 0.4) is 0 Å². The van der Waals surface area contributed by atoms with Crippen LogP contribution < -0.4 is 0 Å². The van der Waals surface area contributed by atoms with Gasteiger partial charge in [-0.3, -0.25) is 0 Å². The molecule has 30 heavy (non-hydrogen) atoms. The molecule has 0 amide bonds. The van der Waals surface area contributed by atoms with Crippen LogP contribution in [-0.2, 0) is 19.0 Å². The summed E-state index contributed by atoms with van der Waals surface area (Å²) in [4.78, 5) is 12.1. The summed E-state index contributed by atoms with van der Waals surface area (Å²) >= 11 is 0. The van der Waals surface area contributed by atoms with Gasteiger partial charge in [0.1, 0.15) is 30.5 Å². The molecule has 2 saturated carbocycles. The normalized spacial score (nSPS) is 48.9. The molecular formula is C21H28O9. The maximum Gasteiger partial charge on any atom is 0.334 e. The van der Waals surface area contributed by atoms with Crippen LogP contribution in [0.15, 0.2) is 36.5 Å². The van der Waals surface area contributed by atoms with Crippen LogP contribution in [0.2, 0.25) is 0 Å². The number of aliphatic hydroxyl groups excluding tert-OH is 5. The number of carbonyl (C=O) groups is 1. The fourth-order valence-corrected chi connectivity index (χ4v) is 5.18. The van der Waals surface area contributed by atoms with E-state index in [4.69, 9.17) is 14.2 Å². The summed E-state index contributed by atoms with van der Waals surface area (Å²) in [5.74, 6) is -1.47. The minimum atomic E-state index is -1.55. The van der Waals surface area contributed by atoms with Crippen molar-refractivity contribution in [2.24, 2.45) is 17.8 Å². The molecule has 0 aromatic carbocycles. The van der Waals surface area contributed by atoms with Crippen LogP contribution in [0.5, 0.6) is 0 Å². The fraction of sp³-hybridized carbons (Fsp3) is 0.667. The largest absolute Gasteiger partial charge is 0.458 e. The summed E-state index contributed by atoms with van der Waals surface area (Å²) in [6.07, 6.45) is -8.33. The standard InChI is InChI=1S/C21H28O9/c1-7-10-5-13(28-21-18(26)17(25)16(24)14(6-22)29-21)9(3)15(10)19-11(4-12(7)23)8(2)20(27)30-19/h10-19,21-26H,1-6H2/t10-,11-,12-,13-,14+,15-,16+,17-,18+,19-,21-/m0/s1. The van der Waals surface area contributed by atoms with Crippen molar-refractivity contribution >= 4 is 5.97 Å². The third-order valence-corrected chi connectivity index (χ3v) is 6.97. The Kier molecular flexibility index (Phi) is 5.65. The van der Waals surface area contributed by atoms with E-state index in [1.54, 1.807) is 0 Å². The maximum atomic E-state index is 12.1. The van der Waals surface area contributed by atoms with Crippen molar-refractivity contribution in [2.45, 2.75) is 61.9 Å².